The van der Waals surface area contributed by atoms with E-state index in [1.54, 1.807) is 0 Å². The van der Waals surface area contributed by atoms with Gasteiger partial charge >= 0.3 is 21.7 Å². The van der Waals surface area contributed by atoms with E-state index in [-0.39, 0.29) is 32.7 Å². The number of nitrogens with one attached hydrogen (secondary N) is 1. The summed E-state index contributed by atoms with van der Waals surface area (Å²) in [5.74, 6) is 0.560. The Bertz CT molecular complexity index is 267. The fraction of sp³-hybridized carbons (Fsp3) is 0.692. The van der Waals surface area contributed by atoms with Crippen molar-refractivity contribution < 1.29 is 21.7 Å². The Kier molecular flexibility index (Phi) is 9.90. The van der Waals surface area contributed by atoms with Gasteiger partial charge in [0.15, 0.2) is 0 Å². The molecule has 1 fully saturated rings. The Morgan fingerprint density at radius 2 is 1.62 bits per heavy atom. The van der Waals surface area contributed by atoms with Crippen LogP contribution >= 0.6 is 0 Å². The SMILES string of the molecule is CC1=[C-]C(C)C(C)=C1C.[NH-]C1CCC1.[SiH3].[Ti+2]. The number of rotatable bonds is 0. The smallest absolute Gasteiger partial charge is 0.675 e. The molecular formula is C13H24NSiTi. The first kappa shape index (κ1) is 18.7. The van der Waals surface area contributed by atoms with Gasteiger partial charge in [-0.05, 0) is 11.0 Å². The monoisotopic (exact) mass is 270 g/mol. The Hall–Kier alpha value is 0.371. The van der Waals surface area contributed by atoms with Crippen LogP contribution in [0, 0.1) is 12.0 Å². The van der Waals surface area contributed by atoms with Crippen molar-refractivity contribution in [1.29, 1.82) is 0 Å². The summed E-state index contributed by atoms with van der Waals surface area (Å²) in [5.41, 5.74) is 11.2. The maximum Gasteiger partial charge on any atom is 2.00 e. The minimum absolute atomic E-state index is 0. The Balaban J connectivity index is 0. The number of hydrogen-bond donors (Lipinski definition) is 0. The molecule has 0 spiro atoms. The van der Waals surface area contributed by atoms with Crippen molar-refractivity contribution in [2.75, 3.05) is 0 Å². The summed E-state index contributed by atoms with van der Waals surface area (Å²) < 4.78 is 0. The number of hydrogen-bond acceptors (Lipinski definition) is 0. The zero-order valence-electron chi connectivity index (χ0n) is 11.3. The number of allylic oxidation sites excluding steroid dienone is 4. The zero-order chi connectivity index (χ0) is 10.7. The molecule has 2 aliphatic carbocycles. The summed E-state index contributed by atoms with van der Waals surface area (Å²) in [7, 11) is 0. The minimum Gasteiger partial charge on any atom is -0.675 e. The van der Waals surface area contributed by atoms with Gasteiger partial charge in [-0.1, -0.05) is 46.0 Å². The van der Waals surface area contributed by atoms with E-state index in [9.17, 15) is 0 Å². The van der Waals surface area contributed by atoms with Gasteiger partial charge in [0.2, 0.25) is 0 Å². The van der Waals surface area contributed by atoms with Crippen LogP contribution in [-0.2, 0) is 21.7 Å². The van der Waals surface area contributed by atoms with Crippen LogP contribution < -0.4 is 0 Å². The summed E-state index contributed by atoms with van der Waals surface area (Å²) in [6, 6.07) is 0.315. The second kappa shape index (κ2) is 8.46. The van der Waals surface area contributed by atoms with Gasteiger partial charge < -0.3 is 5.73 Å². The van der Waals surface area contributed by atoms with E-state index in [1.165, 1.54) is 23.1 Å². The van der Waals surface area contributed by atoms with Gasteiger partial charge in [0.05, 0.1) is 0 Å². The van der Waals surface area contributed by atoms with E-state index in [0.717, 1.165) is 12.8 Å². The molecular weight excluding hydrogens is 246 g/mol. The second-order valence-corrected chi connectivity index (χ2v) is 4.43. The maximum absolute atomic E-state index is 6.91. The normalized spacial score (nSPS) is 23.3. The fourth-order valence-corrected chi connectivity index (χ4v) is 1.57. The molecule has 1 atom stereocenters. The third-order valence-corrected chi connectivity index (χ3v) is 3.34. The Labute approximate surface area is 120 Å². The largest absolute Gasteiger partial charge is 2.00 e. The van der Waals surface area contributed by atoms with Crippen molar-refractivity contribution in [1.82, 2.24) is 0 Å². The fourth-order valence-electron chi connectivity index (χ4n) is 1.57. The van der Waals surface area contributed by atoms with Crippen LogP contribution in [0.3, 0.4) is 0 Å². The van der Waals surface area contributed by atoms with Gasteiger partial charge in [0.25, 0.3) is 0 Å². The topological polar surface area (TPSA) is 23.8 Å². The first-order valence-electron chi connectivity index (χ1n) is 5.51. The molecule has 0 aromatic carbocycles. The molecule has 0 aromatic rings. The average molecular weight is 270 g/mol. The van der Waals surface area contributed by atoms with Crippen molar-refractivity contribution in [3.8, 4) is 0 Å². The molecule has 1 nitrogen and oxygen atoms in total. The molecule has 1 unspecified atom stereocenters. The molecule has 3 heteroatoms. The van der Waals surface area contributed by atoms with E-state index in [0.29, 0.717) is 12.0 Å². The van der Waals surface area contributed by atoms with Crippen molar-refractivity contribution in [2.45, 2.75) is 53.0 Å². The van der Waals surface area contributed by atoms with Crippen molar-refractivity contribution in [2.24, 2.45) is 5.92 Å². The third-order valence-electron chi connectivity index (χ3n) is 3.34. The first-order chi connectivity index (χ1) is 6.52. The van der Waals surface area contributed by atoms with Crippen LogP contribution in [0.2, 0.25) is 0 Å². The van der Waals surface area contributed by atoms with Gasteiger partial charge in [-0.3, -0.25) is 6.08 Å². The third kappa shape index (κ3) is 5.13. The Morgan fingerprint density at radius 1 is 1.19 bits per heavy atom. The quantitative estimate of drug-likeness (QED) is 0.477. The van der Waals surface area contributed by atoms with E-state index in [2.05, 4.69) is 33.8 Å². The standard InChI is InChI=1S/C9H13.C4H8N.H3Si.Ti/c1-6-5-7(2)9(4)8(6)3;5-4-2-1-3-4;;/h6H,1-4H3;4-5H,1-3H2;1H3;/q2*-1;;+2. The van der Waals surface area contributed by atoms with E-state index >= 15 is 0 Å². The van der Waals surface area contributed by atoms with E-state index in [1.807, 2.05) is 0 Å². The molecule has 89 valence electrons. The van der Waals surface area contributed by atoms with Crippen LogP contribution in [0.25, 0.3) is 5.73 Å². The second-order valence-electron chi connectivity index (χ2n) is 4.43. The molecule has 2 rings (SSSR count). The molecule has 1 radical (unpaired) electrons. The van der Waals surface area contributed by atoms with Crippen LogP contribution in [0.1, 0.15) is 47.0 Å². The molecule has 1 N–H and O–H groups in total. The van der Waals surface area contributed by atoms with E-state index in [4.69, 9.17) is 5.73 Å². The van der Waals surface area contributed by atoms with Crippen LogP contribution in [0.5, 0.6) is 0 Å². The summed E-state index contributed by atoms with van der Waals surface area (Å²) >= 11 is 0. The van der Waals surface area contributed by atoms with Crippen LogP contribution in [0.4, 0.5) is 0 Å². The maximum atomic E-state index is 6.91. The predicted molar refractivity (Wildman–Crippen MR) is 71.9 cm³/mol. The summed E-state index contributed by atoms with van der Waals surface area (Å²) in [6.45, 7) is 8.67. The first-order valence-corrected chi connectivity index (χ1v) is 5.51. The van der Waals surface area contributed by atoms with Crippen LogP contribution in [-0.4, -0.2) is 17.0 Å². The molecule has 0 saturated heterocycles. The molecule has 2 aliphatic rings. The molecule has 0 aromatic heterocycles. The molecule has 0 bridgehead atoms. The van der Waals surface area contributed by atoms with Gasteiger partial charge in [-0.25, -0.2) is 5.57 Å². The van der Waals surface area contributed by atoms with Gasteiger partial charge in [-0.15, -0.1) is 13.0 Å². The summed E-state index contributed by atoms with van der Waals surface area (Å²) in [6.07, 6.45) is 6.96. The van der Waals surface area contributed by atoms with Crippen molar-refractivity contribution >= 4 is 11.0 Å². The summed E-state index contributed by atoms with van der Waals surface area (Å²) in [4.78, 5) is 0. The molecule has 0 aliphatic heterocycles. The van der Waals surface area contributed by atoms with Gasteiger partial charge in [0.1, 0.15) is 0 Å². The molecule has 16 heavy (non-hydrogen) atoms. The predicted octanol–water partition coefficient (Wildman–Crippen LogP) is 3.13. The zero-order valence-corrected chi connectivity index (χ0v) is 14.8. The van der Waals surface area contributed by atoms with Crippen molar-refractivity contribution in [3.63, 3.8) is 0 Å². The molecule has 1 saturated carbocycles. The summed E-state index contributed by atoms with van der Waals surface area (Å²) in [5, 5.41) is 0. The van der Waals surface area contributed by atoms with Gasteiger partial charge in [-0.2, -0.15) is 11.1 Å². The van der Waals surface area contributed by atoms with E-state index < -0.39 is 0 Å². The van der Waals surface area contributed by atoms with Crippen molar-refractivity contribution in [3.05, 3.63) is 28.5 Å². The molecule has 0 amide bonds. The van der Waals surface area contributed by atoms with Gasteiger partial charge in [0, 0.05) is 0 Å². The average Bonchev–Trinajstić information content (AvgIpc) is 2.31. The molecule has 0 heterocycles. The Morgan fingerprint density at radius 3 is 1.69 bits per heavy atom. The minimum atomic E-state index is 0. The van der Waals surface area contributed by atoms with Crippen LogP contribution in [0.15, 0.2) is 16.7 Å².